The maximum absolute atomic E-state index is 13.6. The molecule has 7 heteroatoms. The summed E-state index contributed by atoms with van der Waals surface area (Å²) in [6.45, 7) is 0.828. The minimum absolute atomic E-state index is 0.169. The SMILES string of the molecule is COC(=O)c1ccc(C2(NC(=O)c3cc(Cl)cnc3N3CCCC3c3ccccc3)CC2)cc1. The lowest BCUT2D eigenvalue weighted by Gasteiger charge is -2.28. The molecule has 2 aliphatic rings. The quantitative estimate of drug-likeness (QED) is 0.491. The second-order valence-electron chi connectivity index (χ2n) is 8.89. The Morgan fingerprint density at radius 3 is 2.53 bits per heavy atom. The number of hydrogen-bond donors (Lipinski definition) is 1. The van der Waals surface area contributed by atoms with Crippen LogP contribution in [0.25, 0.3) is 0 Å². The molecule has 1 atom stereocenters. The highest BCUT2D eigenvalue weighted by atomic mass is 35.5. The predicted molar refractivity (Wildman–Crippen MR) is 131 cm³/mol. The second kappa shape index (κ2) is 9.11. The summed E-state index contributed by atoms with van der Waals surface area (Å²) in [5.74, 6) is 0.0806. The number of carbonyl (C=O) groups excluding carboxylic acids is 2. The van der Waals surface area contributed by atoms with E-state index in [1.54, 1.807) is 24.4 Å². The molecule has 34 heavy (non-hydrogen) atoms. The molecule has 1 saturated heterocycles. The molecule has 3 aromatic rings. The number of halogens is 1. The van der Waals surface area contributed by atoms with Crippen molar-refractivity contribution in [1.29, 1.82) is 0 Å². The maximum atomic E-state index is 13.6. The molecule has 2 fully saturated rings. The number of nitrogens with one attached hydrogen (secondary N) is 1. The number of pyridine rings is 1. The fraction of sp³-hybridized carbons (Fsp3) is 0.296. The van der Waals surface area contributed by atoms with Gasteiger partial charge in [-0.25, -0.2) is 9.78 Å². The van der Waals surface area contributed by atoms with Gasteiger partial charge in [0.2, 0.25) is 0 Å². The predicted octanol–water partition coefficient (Wildman–Crippen LogP) is 5.28. The third-order valence-corrected chi connectivity index (χ3v) is 6.96. The Balaban J connectivity index is 1.42. The average Bonchev–Trinajstić information content (AvgIpc) is 3.49. The molecule has 5 rings (SSSR count). The van der Waals surface area contributed by atoms with Gasteiger partial charge in [0, 0.05) is 12.7 Å². The van der Waals surface area contributed by atoms with Gasteiger partial charge in [-0.2, -0.15) is 0 Å². The standard InChI is InChI=1S/C27H26ClN3O3/c1-34-26(33)19-9-11-20(12-10-19)27(13-14-27)30-25(32)22-16-21(28)17-29-24(22)31-15-5-8-23(31)18-6-3-2-4-7-18/h2-4,6-7,9-12,16-17,23H,5,8,13-15H2,1H3,(H,30,32). The van der Waals surface area contributed by atoms with E-state index in [0.717, 1.165) is 37.8 Å². The van der Waals surface area contributed by atoms with Crippen molar-refractivity contribution in [2.45, 2.75) is 37.3 Å². The second-order valence-corrected chi connectivity index (χ2v) is 9.33. The number of carbonyl (C=O) groups is 2. The van der Waals surface area contributed by atoms with Gasteiger partial charge in [0.1, 0.15) is 5.82 Å². The summed E-state index contributed by atoms with van der Waals surface area (Å²) in [6, 6.07) is 19.4. The van der Waals surface area contributed by atoms with Gasteiger partial charge in [0.15, 0.2) is 0 Å². The van der Waals surface area contributed by atoms with E-state index in [1.165, 1.54) is 12.7 Å². The Bertz CT molecular complexity index is 1210. The summed E-state index contributed by atoms with van der Waals surface area (Å²) in [6.07, 6.45) is 5.30. The first kappa shape index (κ1) is 22.4. The van der Waals surface area contributed by atoms with Crippen molar-refractivity contribution in [1.82, 2.24) is 10.3 Å². The molecular weight excluding hydrogens is 450 g/mol. The van der Waals surface area contributed by atoms with E-state index < -0.39 is 5.54 Å². The molecule has 1 unspecified atom stereocenters. The number of nitrogens with zero attached hydrogens (tertiary/aromatic N) is 2. The number of aromatic nitrogens is 1. The Kier molecular flexibility index (Phi) is 6.00. The highest BCUT2D eigenvalue weighted by molar-refractivity contribution is 6.31. The van der Waals surface area contributed by atoms with E-state index in [1.807, 2.05) is 30.3 Å². The number of methoxy groups -OCH3 is 1. The van der Waals surface area contributed by atoms with Crippen LogP contribution in [0.1, 0.15) is 63.6 Å². The van der Waals surface area contributed by atoms with Crippen LogP contribution in [0.3, 0.4) is 0 Å². The van der Waals surface area contributed by atoms with Gasteiger partial charge in [-0.1, -0.05) is 54.1 Å². The highest BCUT2D eigenvalue weighted by Crippen LogP contribution is 2.46. The summed E-state index contributed by atoms with van der Waals surface area (Å²) < 4.78 is 4.78. The maximum Gasteiger partial charge on any atom is 0.337 e. The van der Waals surface area contributed by atoms with Crippen LogP contribution in [-0.2, 0) is 10.3 Å². The molecule has 1 aliphatic carbocycles. The molecule has 2 heterocycles. The molecule has 1 aliphatic heterocycles. The Hall–Kier alpha value is -3.38. The minimum Gasteiger partial charge on any atom is -0.465 e. The first-order valence-electron chi connectivity index (χ1n) is 11.5. The number of hydrogen-bond acceptors (Lipinski definition) is 5. The lowest BCUT2D eigenvalue weighted by Crippen LogP contribution is -2.36. The van der Waals surface area contributed by atoms with Gasteiger partial charge >= 0.3 is 5.97 Å². The van der Waals surface area contributed by atoms with E-state index in [2.05, 4.69) is 27.3 Å². The number of benzene rings is 2. The van der Waals surface area contributed by atoms with Crippen LogP contribution in [0.4, 0.5) is 5.82 Å². The van der Waals surface area contributed by atoms with Gasteiger partial charge in [-0.3, -0.25) is 4.79 Å². The van der Waals surface area contributed by atoms with Crippen molar-refractivity contribution in [3.63, 3.8) is 0 Å². The van der Waals surface area contributed by atoms with E-state index in [4.69, 9.17) is 16.3 Å². The Labute approximate surface area is 203 Å². The van der Waals surface area contributed by atoms with Crippen LogP contribution < -0.4 is 10.2 Å². The van der Waals surface area contributed by atoms with Crippen molar-refractivity contribution in [3.8, 4) is 0 Å². The van der Waals surface area contributed by atoms with Gasteiger partial charge in [0.05, 0.1) is 34.8 Å². The molecule has 1 N–H and O–H groups in total. The number of rotatable bonds is 6. The normalized spacial score (nSPS) is 18.4. The number of esters is 1. The largest absolute Gasteiger partial charge is 0.465 e. The molecule has 0 bridgehead atoms. The zero-order valence-corrected chi connectivity index (χ0v) is 19.7. The summed E-state index contributed by atoms with van der Waals surface area (Å²) >= 11 is 6.28. The van der Waals surface area contributed by atoms with Gasteiger partial charge in [-0.15, -0.1) is 0 Å². The van der Waals surface area contributed by atoms with Crippen molar-refractivity contribution in [2.75, 3.05) is 18.6 Å². The highest BCUT2D eigenvalue weighted by Gasteiger charge is 2.46. The molecule has 2 aromatic carbocycles. The monoisotopic (exact) mass is 475 g/mol. The summed E-state index contributed by atoms with van der Waals surface area (Å²) in [4.78, 5) is 32.1. The van der Waals surface area contributed by atoms with Crippen molar-refractivity contribution >= 4 is 29.3 Å². The number of amides is 1. The smallest absolute Gasteiger partial charge is 0.337 e. The summed E-state index contributed by atoms with van der Waals surface area (Å²) in [5, 5.41) is 3.66. The van der Waals surface area contributed by atoms with Gasteiger partial charge in [0.25, 0.3) is 5.91 Å². The average molecular weight is 476 g/mol. The summed E-state index contributed by atoms with van der Waals surface area (Å²) in [7, 11) is 1.36. The third kappa shape index (κ3) is 4.26. The van der Waals surface area contributed by atoms with Gasteiger partial charge in [-0.05, 0) is 55.0 Å². The topological polar surface area (TPSA) is 71.5 Å². The van der Waals surface area contributed by atoms with Crippen LogP contribution in [0.2, 0.25) is 5.02 Å². The lowest BCUT2D eigenvalue weighted by atomic mass is 10.0. The van der Waals surface area contributed by atoms with Crippen LogP contribution in [0, 0.1) is 0 Å². The van der Waals surface area contributed by atoms with E-state index in [-0.39, 0.29) is 17.9 Å². The third-order valence-electron chi connectivity index (χ3n) is 6.75. The fourth-order valence-electron chi connectivity index (χ4n) is 4.81. The molecule has 0 spiro atoms. The van der Waals surface area contributed by atoms with E-state index >= 15 is 0 Å². The Morgan fingerprint density at radius 1 is 1.12 bits per heavy atom. The zero-order valence-electron chi connectivity index (χ0n) is 19.0. The molecule has 6 nitrogen and oxygen atoms in total. The van der Waals surface area contributed by atoms with Crippen LogP contribution in [0.15, 0.2) is 66.9 Å². The van der Waals surface area contributed by atoms with E-state index in [0.29, 0.717) is 22.0 Å². The van der Waals surface area contributed by atoms with E-state index in [9.17, 15) is 9.59 Å². The first-order valence-corrected chi connectivity index (χ1v) is 11.9. The molecule has 1 saturated carbocycles. The van der Waals surface area contributed by atoms with Crippen LogP contribution in [-0.4, -0.2) is 30.5 Å². The lowest BCUT2D eigenvalue weighted by molar-refractivity contribution is 0.0600. The molecule has 174 valence electrons. The van der Waals surface area contributed by atoms with Crippen molar-refractivity contribution in [2.24, 2.45) is 0 Å². The van der Waals surface area contributed by atoms with Crippen molar-refractivity contribution < 1.29 is 14.3 Å². The molecular formula is C27H26ClN3O3. The van der Waals surface area contributed by atoms with Crippen LogP contribution >= 0.6 is 11.6 Å². The Morgan fingerprint density at radius 2 is 1.85 bits per heavy atom. The molecule has 1 amide bonds. The minimum atomic E-state index is -0.449. The fourth-order valence-corrected chi connectivity index (χ4v) is 4.97. The van der Waals surface area contributed by atoms with Gasteiger partial charge < -0.3 is 15.0 Å². The van der Waals surface area contributed by atoms with Crippen LogP contribution in [0.5, 0.6) is 0 Å². The van der Waals surface area contributed by atoms with Crippen molar-refractivity contribution in [3.05, 3.63) is 94.1 Å². The molecule has 1 aromatic heterocycles. The first-order chi connectivity index (χ1) is 16.5. The number of anilines is 1. The number of ether oxygens (including phenoxy) is 1. The summed E-state index contributed by atoms with van der Waals surface area (Å²) in [5.41, 5.74) is 2.69. The molecule has 0 radical (unpaired) electrons. The zero-order chi connectivity index (χ0) is 23.7.